The number of aromatic nitrogens is 1. The number of halogens is 2. The topological polar surface area (TPSA) is 34.2 Å². The molecule has 1 aromatic heterocycles. The van der Waals surface area contributed by atoms with E-state index in [4.69, 9.17) is 16.3 Å². The van der Waals surface area contributed by atoms with E-state index in [1.54, 1.807) is 31.6 Å². The SMILES string of the molecule is CNC(Cc1c(F)cccc1Cl)c1cncc(OC)c1. The molecule has 20 heavy (non-hydrogen) atoms. The number of likely N-dealkylation sites (N-methyl/N-ethyl adjacent to an activating group) is 1. The highest BCUT2D eigenvalue weighted by molar-refractivity contribution is 6.31. The van der Waals surface area contributed by atoms with Crippen molar-refractivity contribution < 1.29 is 9.13 Å². The van der Waals surface area contributed by atoms with Crippen LogP contribution in [0.1, 0.15) is 17.2 Å². The van der Waals surface area contributed by atoms with Crippen molar-refractivity contribution in [1.82, 2.24) is 10.3 Å². The van der Waals surface area contributed by atoms with E-state index in [2.05, 4.69) is 10.3 Å². The van der Waals surface area contributed by atoms with Crippen molar-refractivity contribution >= 4 is 11.6 Å². The van der Waals surface area contributed by atoms with Crippen molar-refractivity contribution in [3.05, 3.63) is 58.6 Å². The van der Waals surface area contributed by atoms with E-state index in [0.717, 1.165) is 5.56 Å². The summed E-state index contributed by atoms with van der Waals surface area (Å²) >= 11 is 6.07. The van der Waals surface area contributed by atoms with E-state index >= 15 is 0 Å². The van der Waals surface area contributed by atoms with Gasteiger partial charge in [0.1, 0.15) is 11.6 Å². The van der Waals surface area contributed by atoms with E-state index < -0.39 is 0 Å². The quantitative estimate of drug-likeness (QED) is 0.918. The van der Waals surface area contributed by atoms with Gasteiger partial charge in [0.05, 0.1) is 13.3 Å². The predicted octanol–water partition coefficient (Wildman–Crippen LogP) is 3.39. The monoisotopic (exact) mass is 294 g/mol. The molecular weight excluding hydrogens is 279 g/mol. The van der Waals surface area contributed by atoms with Crippen molar-refractivity contribution in [1.29, 1.82) is 0 Å². The summed E-state index contributed by atoms with van der Waals surface area (Å²) in [4.78, 5) is 4.12. The van der Waals surface area contributed by atoms with E-state index in [9.17, 15) is 4.39 Å². The highest BCUT2D eigenvalue weighted by Crippen LogP contribution is 2.26. The molecule has 1 unspecified atom stereocenters. The van der Waals surface area contributed by atoms with Crippen LogP contribution in [0, 0.1) is 5.82 Å². The van der Waals surface area contributed by atoms with Gasteiger partial charge in [0.15, 0.2) is 0 Å². The van der Waals surface area contributed by atoms with E-state index in [0.29, 0.717) is 22.8 Å². The van der Waals surface area contributed by atoms with Crippen LogP contribution in [0.25, 0.3) is 0 Å². The number of hydrogen-bond donors (Lipinski definition) is 1. The Balaban J connectivity index is 2.29. The maximum Gasteiger partial charge on any atom is 0.137 e. The Labute approximate surface area is 122 Å². The third-order valence-corrected chi connectivity index (χ3v) is 3.54. The van der Waals surface area contributed by atoms with E-state index in [-0.39, 0.29) is 11.9 Å². The van der Waals surface area contributed by atoms with E-state index in [1.165, 1.54) is 6.07 Å². The molecule has 1 atom stereocenters. The normalized spacial score (nSPS) is 12.2. The summed E-state index contributed by atoms with van der Waals surface area (Å²) in [6, 6.07) is 6.49. The molecule has 1 N–H and O–H groups in total. The summed E-state index contributed by atoms with van der Waals surface area (Å²) < 4.78 is 19.0. The molecule has 0 aliphatic rings. The fraction of sp³-hybridized carbons (Fsp3) is 0.267. The minimum absolute atomic E-state index is 0.0907. The zero-order valence-electron chi connectivity index (χ0n) is 11.4. The average Bonchev–Trinajstić information content (AvgIpc) is 2.47. The molecule has 0 saturated heterocycles. The number of rotatable bonds is 5. The molecule has 0 fully saturated rings. The van der Waals surface area contributed by atoms with E-state index in [1.807, 2.05) is 13.1 Å². The molecule has 0 bridgehead atoms. The average molecular weight is 295 g/mol. The molecule has 0 aliphatic carbocycles. The third kappa shape index (κ3) is 3.26. The fourth-order valence-corrected chi connectivity index (χ4v) is 2.30. The second-order valence-electron chi connectivity index (χ2n) is 4.40. The first kappa shape index (κ1) is 14.8. The molecule has 0 saturated carbocycles. The van der Waals surface area contributed by atoms with Crippen LogP contribution in [0.15, 0.2) is 36.7 Å². The minimum atomic E-state index is -0.298. The zero-order chi connectivity index (χ0) is 14.5. The van der Waals surface area contributed by atoms with Gasteiger partial charge in [0.25, 0.3) is 0 Å². The van der Waals surface area contributed by atoms with Gasteiger partial charge in [0.2, 0.25) is 0 Å². The molecule has 1 heterocycles. The minimum Gasteiger partial charge on any atom is -0.495 e. The van der Waals surface area contributed by atoms with Gasteiger partial charge in [-0.25, -0.2) is 4.39 Å². The van der Waals surface area contributed by atoms with Crippen LogP contribution in [-0.4, -0.2) is 19.1 Å². The number of ether oxygens (including phenoxy) is 1. The van der Waals surface area contributed by atoms with Crippen molar-refractivity contribution in [3.63, 3.8) is 0 Å². The van der Waals surface area contributed by atoms with Gasteiger partial charge in [-0.3, -0.25) is 4.98 Å². The number of benzene rings is 1. The van der Waals surface area contributed by atoms with Gasteiger partial charge >= 0.3 is 0 Å². The van der Waals surface area contributed by atoms with Crippen molar-refractivity contribution in [3.8, 4) is 5.75 Å². The number of pyridine rings is 1. The Morgan fingerprint density at radius 2 is 2.20 bits per heavy atom. The maximum absolute atomic E-state index is 13.9. The molecule has 0 spiro atoms. The van der Waals surface area contributed by atoms with Gasteiger partial charge in [-0.1, -0.05) is 17.7 Å². The summed E-state index contributed by atoms with van der Waals surface area (Å²) in [5.41, 5.74) is 1.42. The summed E-state index contributed by atoms with van der Waals surface area (Å²) in [6.07, 6.45) is 3.81. The Bertz CT molecular complexity index is 572. The number of hydrogen-bond acceptors (Lipinski definition) is 3. The standard InChI is InChI=1S/C15H16ClFN2O/c1-18-15(10-6-11(20-2)9-19-8-10)7-12-13(16)4-3-5-14(12)17/h3-6,8-9,15,18H,7H2,1-2H3. The number of nitrogens with one attached hydrogen (secondary N) is 1. The van der Waals surface area contributed by atoms with Crippen LogP contribution in [0.2, 0.25) is 5.02 Å². The first-order valence-electron chi connectivity index (χ1n) is 6.24. The van der Waals surface area contributed by atoms with Gasteiger partial charge in [-0.05, 0) is 37.2 Å². The lowest BCUT2D eigenvalue weighted by Crippen LogP contribution is -2.19. The van der Waals surface area contributed by atoms with Crippen LogP contribution >= 0.6 is 11.6 Å². The smallest absolute Gasteiger partial charge is 0.137 e. The van der Waals surface area contributed by atoms with Crippen LogP contribution in [0.4, 0.5) is 4.39 Å². The molecule has 3 nitrogen and oxygen atoms in total. The molecular formula is C15H16ClFN2O. The lowest BCUT2D eigenvalue weighted by molar-refractivity contribution is 0.411. The summed E-state index contributed by atoms with van der Waals surface area (Å²) in [7, 11) is 3.40. The largest absolute Gasteiger partial charge is 0.495 e. The molecule has 106 valence electrons. The summed E-state index contributed by atoms with van der Waals surface area (Å²) in [5.74, 6) is 0.371. The lowest BCUT2D eigenvalue weighted by atomic mass is 10.00. The fourth-order valence-electron chi connectivity index (χ4n) is 2.06. The summed E-state index contributed by atoms with van der Waals surface area (Å²) in [6.45, 7) is 0. The second kappa shape index (κ2) is 6.68. The third-order valence-electron chi connectivity index (χ3n) is 3.19. The predicted molar refractivity (Wildman–Crippen MR) is 77.7 cm³/mol. The van der Waals surface area contributed by atoms with Gasteiger partial charge in [-0.2, -0.15) is 0 Å². The lowest BCUT2D eigenvalue weighted by Gasteiger charge is -2.18. The maximum atomic E-state index is 13.9. The molecule has 0 aliphatic heterocycles. The van der Waals surface area contributed by atoms with Crippen molar-refractivity contribution in [2.45, 2.75) is 12.5 Å². The van der Waals surface area contributed by atoms with Crippen LogP contribution in [-0.2, 0) is 6.42 Å². The Morgan fingerprint density at radius 1 is 1.40 bits per heavy atom. The number of nitrogens with zero attached hydrogens (tertiary/aromatic N) is 1. The first-order valence-corrected chi connectivity index (χ1v) is 6.62. The highest BCUT2D eigenvalue weighted by Gasteiger charge is 2.16. The van der Waals surface area contributed by atoms with Crippen LogP contribution in [0.3, 0.4) is 0 Å². The second-order valence-corrected chi connectivity index (χ2v) is 4.81. The van der Waals surface area contributed by atoms with Gasteiger partial charge in [-0.15, -0.1) is 0 Å². The molecule has 2 rings (SSSR count). The molecule has 1 aromatic carbocycles. The van der Waals surface area contributed by atoms with Crippen LogP contribution < -0.4 is 10.1 Å². The molecule has 5 heteroatoms. The van der Waals surface area contributed by atoms with Gasteiger partial charge in [0, 0.05) is 22.8 Å². The Hall–Kier alpha value is -1.65. The zero-order valence-corrected chi connectivity index (χ0v) is 12.1. The van der Waals surface area contributed by atoms with Gasteiger partial charge < -0.3 is 10.1 Å². The molecule has 0 radical (unpaired) electrons. The van der Waals surface area contributed by atoms with Crippen molar-refractivity contribution in [2.24, 2.45) is 0 Å². The Kier molecular flexibility index (Phi) is 4.93. The number of methoxy groups -OCH3 is 1. The van der Waals surface area contributed by atoms with Crippen LogP contribution in [0.5, 0.6) is 5.75 Å². The Morgan fingerprint density at radius 3 is 2.85 bits per heavy atom. The molecule has 2 aromatic rings. The first-order chi connectivity index (χ1) is 9.65. The highest BCUT2D eigenvalue weighted by atomic mass is 35.5. The summed E-state index contributed by atoms with van der Waals surface area (Å²) in [5, 5.41) is 3.58. The molecule has 0 amide bonds. The van der Waals surface area contributed by atoms with Crippen molar-refractivity contribution in [2.75, 3.05) is 14.2 Å².